The monoisotopic (exact) mass is 575 g/mol. The number of benzene rings is 2. The quantitative estimate of drug-likeness (QED) is 0.343. The summed E-state index contributed by atoms with van der Waals surface area (Å²) < 4.78 is 7.86. The van der Waals surface area contributed by atoms with Gasteiger partial charge in [-0.2, -0.15) is 0 Å². The molecule has 0 unspecified atom stereocenters. The van der Waals surface area contributed by atoms with Crippen LogP contribution in [0.3, 0.4) is 0 Å². The maximum Gasteiger partial charge on any atom is 0.336 e. The zero-order chi connectivity index (χ0) is 28.6. The van der Waals surface area contributed by atoms with Crippen molar-refractivity contribution in [3.8, 4) is 11.3 Å². The van der Waals surface area contributed by atoms with Crippen LogP contribution in [0.4, 0.5) is 0 Å². The molecule has 0 radical (unpaired) electrons. The average Bonchev–Trinajstić information content (AvgIpc) is 3.53. The van der Waals surface area contributed by atoms with Crippen LogP contribution in [0.1, 0.15) is 48.5 Å². The molecule has 0 bridgehead atoms. The van der Waals surface area contributed by atoms with Crippen LogP contribution in [0.25, 0.3) is 17.4 Å². The number of hydrogen-bond donors (Lipinski definition) is 1. The molecule has 5 rings (SSSR count). The number of carbonyl (C=O) groups is 2. The van der Waals surface area contributed by atoms with Gasteiger partial charge in [-0.1, -0.05) is 53.3 Å². The van der Waals surface area contributed by atoms with E-state index in [9.17, 15) is 19.5 Å². The van der Waals surface area contributed by atoms with Gasteiger partial charge in [-0.3, -0.25) is 14.2 Å². The predicted octanol–water partition coefficient (Wildman–Crippen LogP) is 4.72. The lowest BCUT2D eigenvalue weighted by Gasteiger charge is -2.29. The molecule has 4 aromatic rings. The van der Waals surface area contributed by atoms with Gasteiger partial charge in [0.15, 0.2) is 4.80 Å². The van der Waals surface area contributed by atoms with E-state index in [4.69, 9.17) is 16.0 Å². The van der Waals surface area contributed by atoms with Crippen LogP contribution in [0.15, 0.2) is 86.1 Å². The van der Waals surface area contributed by atoms with Gasteiger partial charge in [0.1, 0.15) is 11.5 Å². The normalized spacial score (nSPS) is 15.1. The van der Waals surface area contributed by atoms with Gasteiger partial charge >= 0.3 is 5.97 Å². The highest BCUT2D eigenvalue weighted by Gasteiger charge is 2.34. The fourth-order valence-electron chi connectivity index (χ4n) is 4.83. The number of thiazole rings is 1. The number of likely N-dealkylation sites (N-methyl/N-ethyl adjacent to an activating group) is 1. The fraction of sp³-hybridized carbons (Fsp3) is 0.200. The van der Waals surface area contributed by atoms with Crippen molar-refractivity contribution < 1.29 is 19.1 Å². The Hall–Kier alpha value is -4.21. The van der Waals surface area contributed by atoms with E-state index in [1.54, 1.807) is 64.9 Å². The first-order valence-corrected chi connectivity index (χ1v) is 13.9. The number of carboxylic acids is 1. The molecule has 0 spiro atoms. The number of aromatic nitrogens is 1. The van der Waals surface area contributed by atoms with Crippen molar-refractivity contribution in [3.63, 3.8) is 0 Å². The van der Waals surface area contributed by atoms with Gasteiger partial charge in [-0.25, -0.2) is 9.79 Å². The average molecular weight is 576 g/mol. The van der Waals surface area contributed by atoms with E-state index >= 15 is 0 Å². The van der Waals surface area contributed by atoms with Gasteiger partial charge in [-0.05, 0) is 56.7 Å². The number of hydrogen-bond acceptors (Lipinski definition) is 6. The van der Waals surface area contributed by atoms with Crippen LogP contribution in [-0.4, -0.2) is 39.5 Å². The Labute approximate surface area is 238 Å². The maximum absolute atomic E-state index is 13.9. The van der Waals surface area contributed by atoms with Crippen LogP contribution in [0, 0.1) is 0 Å². The molecule has 1 aliphatic rings. The number of carbonyl (C=O) groups excluding carboxylic acids is 1. The molecular weight excluding hydrogens is 550 g/mol. The summed E-state index contributed by atoms with van der Waals surface area (Å²) in [7, 11) is 0. The number of nitrogens with zero attached hydrogens (tertiary/aromatic N) is 3. The largest absolute Gasteiger partial charge is 0.478 e. The van der Waals surface area contributed by atoms with Crippen molar-refractivity contribution in [2.45, 2.75) is 26.8 Å². The molecule has 1 N–H and O–H groups in total. The Balaban J connectivity index is 1.65. The minimum atomic E-state index is -1.06. The molecule has 40 heavy (non-hydrogen) atoms. The molecule has 3 heterocycles. The lowest BCUT2D eigenvalue weighted by atomic mass is 9.94. The molecule has 204 valence electrons. The summed E-state index contributed by atoms with van der Waals surface area (Å²) in [6, 6.07) is 16.3. The second-order valence-corrected chi connectivity index (χ2v) is 10.6. The lowest BCUT2D eigenvalue weighted by Crippen LogP contribution is -2.43. The highest BCUT2D eigenvalue weighted by atomic mass is 35.5. The number of amides is 1. The summed E-state index contributed by atoms with van der Waals surface area (Å²) in [4.78, 5) is 46.0. The Morgan fingerprint density at radius 2 is 1.80 bits per heavy atom. The minimum Gasteiger partial charge on any atom is -0.478 e. The van der Waals surface area contributed by atoms with Crippen molar-refractivity contribution in [3.05, 3.63) is 114 Å². The Morgan fingerprint density at radius 1 is 1.10 bits per heavy atom. The summed E-state index contributed by atoms with van der Waals surface area (Å²) >= 11 is 7.35. The number of fused-ring (bicyclic) bond motifs is 1. The predicted molar refractivity (Wildman–Crippen MR) is 154 cm³/mol. The summed E-state index contributed by atoms with van der Waals surface area (Å²) in [5, 5.41) is 10.1. The third-order valence-electron chi connectivity index (χ3n) is 6.81. The second kappa shape index (κ2) is 11.1. The SMILES string of the molecule is CCN(CC)C(=O)C1=C(C)N=c2s/c(=C/c3ccc(-c4ccccc4C(=O)O)o3)c(=O)n2[C@H]1c1ccc(Cl)cc1. The Morgan fingerprint density at radius 3 is 2.48 bits per heavy atom. The van der Waals surface area contributed by atoms with Crippen LogP contribution < -0.4 is 14.9 Å². The van der Waals surface area contributed by atoms with Crippen LogP contribution >= 0.6 is 22.9 Å². The van der Waals surface area contributed by atoms with Crippen molar-refractivity contribution in [1.82, 2.24) is 9.47 Å². The molecule has 0 saturated carbocycles. The summed E-state index contributed by atoms with van der Waals surface area (Å²) in [5.41, 5.74) is 1.98. The van der Waals surface area contributed by atoms with E-state index in [2.05, 4.69) is 4.99 Å². The molecule has 2 aromatic carbocycles. The third-order valence-corrected chi connectivity index (χ3v) is 8.05. The number of rotatable bonds is 7. The van der Waals surface area contributed by atoms with Crippen molar-refractivity contribution in [2.75, 3.05) is 13.1 Å². The molecule has 1 aliphatic heterocycles. The maximum atomic E-state index is 13.9. The van der Waals surface area contributed by atoms with Crippen molar-refractivity contribution >= 4 is 40.9 Å². The van der Waals surface area contributed by atoms with Gasteiger partial charge in [0.2, 0.25) is 0 Å². The Kier molecular flexibility index (Phi) is 7.60. The molecular formula is C30H26ClN3O5S. The molecule has 0 fully saturated rings. The standard InChI is InChI=1S/C30H26ClN3O5S/c1-4-33(5-2)28(36)25-17(3)32-30-34(26(25)18-10-12-19(31)13-11-18)27(35)24(40-30)16-20-14-15-23(39-20)21-8-6-7-9-22(21)29(37)38/h6-16,26H,4-5H2,1-3H3,(H,37,38)/b24-16+/t26-/m0/s1. The molecule has 10 heteroatoms. The van der Waals surface area contributed by atoms with Gasteiger partial charge in [0.25, 0.3) is 11.5 Å². The van der Waals surface area contributed by atoms with Gasteiger partial charge in [0, 0.05) is 29.8 Å². The van der Waals surface area contributed by atoms with Crippen molar-refractivity contribution in [2.24, 2.45) is 4.99 Å². The van der Waals surface area contributed by atoms with Gasteiger partial charge < -0.3 is 14.4 Å². The van der Waals surface area contributed by atoms with E-state index in [1.807, 2.05) is 26.0 Å². The van der Waals surface area contributed by atoms with E-state index in [-0.39, 0.29) is 17.0 Å². The fourth-order valence-corrected chi connectivity index (χ4v) is 5.98. The summed E-state index contributed by atoms with van der Waals surface area (Å²) in [6.07, 6.45) is 1.61. The topological polar surface area (TPSA) is 105 Å². The van der Waals surface area contributed by atoms with E-state index in [1.165, 1.54) is 17.4 Å². The van der Waals surface area contributed by atoms with Crippen LogP contribution in [0.5, 0.6) is 0 Å². The van der Waals surface area contributed by atoms with E-state index < -0.39 is 12.0 Å². The molecule has 8 nitrogen and oxygen atoms in total. The smallest absolute Gasteiger partial charge is 0.336 e. The number of allylic oxidation sites excluding steroid dienone is 1. The van der Waals surface area contributed by atoms with Crippen LogP contribution in [-0.2, 0) is 4.79 Å². The summed E-state index contributed by atoms with van der Waals surface area (Å²) in [6.45, 7) is 6.66. The number of halogens is 1. The molecule has 1 atom stereocenters. The molecule has 0 aliphatic carbocycles. The highest BCUT2D eigenvalue weighted by molar-refractivity contribution is 7.07. The Bertz CT molecular complexity index is 1830. The molecule has 0 saturated heterocycles. The highest BCUT2D eigenvalue weighted by Crippen LogP contribution is 2.32. The first-order valence-electron chi connectivity index (χ1n) is 12.7. The third kappa shape index (κ3) is 4.94. The zero-order valence-electron chi connectivity index (χ0n) is 22.1. The zero-order valence-corrected chi connectivity index (χ0v) is 23.6. The lowest BCUT2D eigenvalue weighted by molar-refractivity contribution is -0.127. The number of carboxylic acid groups (broad SMARTS) is 1. The number of aromatic carboxylic acids is 1. The molecule has 2 aromatic heterocycles. The van der Waals surface area contributed by atoms with Crippen molar-refractivity contribution in [1.29, 1.82) is 0 Å². The van der Waals surface area contributed by atoms with Gasteiger partial charge in [0.05, 0.1) is 27.4 Å². The number of furan rings is 1. The first kappa shape index (κ1) is 27.4. The first-order chi connectivity index (χ1) is 19.2. The van der Waals surface area contributed by atoms with Crippen LogP contribution in [0.2, 0.25) is 5.02 Å². The minimum absolute atomic E-state index is 0.117. The van der Waals surface area contributed by atoms with E-state index in [0.717, 1.165) is 5.56 Å². The second-order valence-electron chi connectivity index (χ2n) is 9.16. The van der Waals surface area contributed by atoms with Gasteiger partial charge in [-0.15, -0.1) is 0 Å². The summed E-state index contributed by atoms with van der Waals surface area (Å²) in [5.74, 6) is -0.472. The van der Waals surface area contributed by atoms with E-state index in [0.29, 0.717) is 55.8 Å². The molecule has 1 amide bonds.